The highest BCUT2D eigenvalue weighted by molar-refractivity contribution is 5.72. The Balaban J connectivity index is 4.19. The van der Waals surface area contributed by atoms with Crippen LogP contribution in [0.5, 0.6) is 0 Å². The van der Waals surface area contributed by atoms with Crippen molar-refractivity contribution in [1.82, 2.24) is 0 Å². The fourth-order valence-corrected chi connectivity index (χ4v) is 8.32. The first-order chi connectivity index (χ1) is 31.1. The molecule has 0 bridgehead atoms. The molecule has 0 amide bonds. The van der Waals surface area contributed by atoms with Gasteiger partial charge in [0.25, 0.3) is 0 Å². The monoisotopic (exact) mass is 905 g/mol. The van der Waals surface area contributed by atoms with Crippen LogP contribution in [0.1, 0.15) is 264 Å². The lowest BCUT2D eigenvalue weighted by Gasteiger charge is -2.31. The zero-order chi connectivity index (χ0) is 47.0. The standard InChI is InChI=1S/C56H105NO7/c1-6-8-10-12-14-16-18-20-22-24-26-27-29-31-33-35-37-39-41-43-45-47-55(59)64-52(50-62-49-48-53(56(60)61)57(3,4)5)51-63-54(58)46-44-42-40-38-36-34-32-30-28-25-23-21-19-17-15-13-11-9-7-2/h21,23-24,26,52-53H,6-20,22,25,27-51H2,1-5H3/p+1/b23-21-,26-24-. The van der Waals surface area contributed by atoms with Crippen molar-refractivity contribution in [3.05, 3.63) is 24.3 Å². The predicted molar refractivity (Wildman–Crippen MR) is 271 cm³/mol. The minimum atomic E-state index is -0.872. The molecule has 0 aromatic carbocycles. The van der Waals surface area contributed by atoms with Gasteiger partial charge in [-0.1, -0.05) is 205 Å². The number of ether oxygens (including phenoxy) is 3. The van der Waals surface area contributed by atoms with Crippen LogP contribution in [0.25, 0.3) is 0 Å². The molecule has 0 spiro atoms. The zero-order valence-electron chi connectivity index (χ0n) is 43.0. The van der Waals surface area contributed by atoms with Gasteiger partial charge >= 0.3 is 17.9 Å². The minimum Gasteiger partial charge on any atom is -0.477 e. The topological polar surface area (TPSA) is 99.1 Å². The molecular formula is C56H106NO7+. The van der Waals surface area contributed by atoms with E-state index in [0.29, 0.717) is 19.3 Å². The molecule has 64 heavy (non-hydrogen) atoms. The maximum absolute atomic E-state index is 12.8. The molecule has 0 aromatic rings. The molecule has 8 nitrogen and oxygen atoms in total. The maximum atomic E-state index is 12.8. The number of carboxylic acids is 1. The van der Waals surface area contributed by atoms with Crippen molar-refractivity contribution in [3.63, 3.8) is 0 Å². The van der Waals surface area contributed by atoms with Crippen molar-refractivity contribution in [2.45, 2.75) is 276 Å². The Morgan fingerprint density at radius 3 is 1.12 bits per heavy atom. The fourth-order valence-electron chi connectivity index (χ4n) is 8.32. The zero-order valence-corrected chi connectivity index (χ0v) is 43.0. The molecule has 0 aliphatic carbocycles. The second-order valence-corrected chi connectivity index (χ2v) is 19.8. The second-order valence-electron chi connectivity index (χ2n) is 19.8. The molecule has 1 N–H and O–H groups in total. The van der Waals surface area contributed by atoms with Crippen LogP contribution < -0.4 is 0 Å². The number of carbonyl (C=O) groups is 3. The Labute approximate surface area is 396 Å². The van der Waals surface area contributed by atoms with Gasteiger partial charge in [0.1, 0.15) is 6.61 Å². The van der Waals surface area contributed by atoms with E-state index in [-0.39, 0.29) is 36.2 Å². The number of likely N-dealkylation sites (N-methyl/N-ethyl adjacent to an activating group) is 1. The van der Waals surface area contributed by atoms with Crippen molar-refractivity contribution in [1.29, 1.82) is 0 Å². The highest BCUT2D eigenvalue weighted by atomic mass is 16.6. The van der Waals surface area contributed by atoms with Gasteiger partial charge in [0.05, 0.1) is 34.4 Å². The van der Waals surface area contributed by atoms with E-state index >= 15 is 0 Å². The first-order valence-corrected chi connectivity index (χ1v) is 27.4. The van der Waals surface area contributed by atoms with Gasteiger partial charge in [0.15, 0.2) is 12.1 Å². The summed E-state index contributed by atoms with van der Waals surface area (Å²) < 4.78 is 17.4. The number of nitrogens with zero attached hydrogens (tertiary/aromatic N) is 1. The lowest BCUT2D eigenvalue weighted by Crippen LogP contribution is -2.50. The highest BCUT2D eigenvalue weighted by Gasteiger charge is 2.31. The van der Waals surface area contributed by atoms with Crippen molar-refractivity contribution >= 4 is 17.9 Å². The van der Waals surface area contributed by atoms with Crippen molar-refractivity contribution in [2.24, 2.45) is 0 Å². The Morgan fingerprint density at radius 1 is 0.453 bits per heavy atom. The molecule has 0 saturated carbocycles. The number of carboxylic acid groups (broad SMARTS) is 1. The number of allylic oxidation sites excluding steroid dienone is 4. The van der Waals surface area contributed by atoms with Gasteiger partial charge in [-0.05, 0) is 64.2 Å². The summed E-state index contributed by atoms with van der Waals surface area (Å²) in [5.41, 5.74) is 0. The third kappa shape index (κ3) is 45.0. The molecule has 2 unspecified atom stereocenters. The van der Waals surface area contributed by atoms with Gasteiger partial charge in [0, 0.05) is 19.3 Å². The predicted octanol–water partition coefficient (Wildman–Crippen LogP) is 16.0. The van der Waals surface area contributed by atoms with Crippen LogP contribution in [0.3, 0.4) is 0 Å². The fraction of sp³-hybridized carbons (Fsp3) is 0.875. The first-order valence-electron chi connectivity index (χ1n) is 27.4. The van der Waals surface area contributed by atoms with E-state index in [0.717, 1.165) is 38.5 Å². The summed E-state index contributed by atoms with van der Waals surface area (Å²) in [4.78, 5) is 37.2. The number of carbonyl (C=O) groups excluding carboxylic acids is 2. The number of esters is 2. The lowest BCUT2D eigenvalue weighted by molar-refractivity contribution is -0.887. The van der Waals surface area contributed by atoms with E-state index in [1.54, 1.807) is 0 Å². The van der Waals surface area contributed by atoms with Gasteiger partial charge < -0.3 is 23.8 Å². The Hall–Kier alpha value is -2.19. The van der Waals surface area contributed by atoms with Gasteiger partial charge in [-0.2, -0.15) is 0 Å². The molecule has 8 heteroatoms. The second kappa shape index (κ2) is 47.3. The SMILES string of the molecule is CCCCCCCC/C=C\CCCCCCCCCCCC(=O)OCC(COCCC(C(=O)O)[N+](C)(C)C)OC(=O)CCCCCCCCCCC/C=C\CCCCCCCCCC. The van der Waals surface area contributed by atoms with E-state index in [2.05, 4.69) is 38.2 Å². The summed E-state index contributed by atoms with van der Waals surface area (Å²) >= 11 is 0. The average molecular weight is 905 g/mol. The summed E-state index contributed by atoms with van der Waals surface area (Å²) in [5, 5.41) is 9.66. The molecule has 376 valence electrons. The van der Waals surface area contributed by atoms with E-state index in [1.165, 1.54) is 193 Å². The van der Waals surface area contributed by atoms with E-state index in [4.69, 9.17) is 14.2 Å². The van der Waals surface area contributed by atoms with Crippen molar-refractivity contribution in [3.8, 4) is 0 Å². The molecule has 0 aliphatic heterocycles. The third-order valence-electron chi connectivity index (χ3n) is 12.6. The molecule has 0 radical (unpaired) electrons. The summed E-state index contributed by atoms with van der Waals surface area (Å²) in [6, 6.07) is -0.614. The van der Waals surface area contributed by atoms with Crippen molar-refractivity contribution < 1.29 is 38.2 Å². The molecular weight excluding hydrogens is 799 g/mol. The highest BCUT2D eigenvalue weighted by Crippen LogP contribution is 2.16. The summed E-state index contributed by atoms with van der Waals surface area (Å²) in [6.07, 6.45) is 55.1. The normalized spacial score (nSPS) is 13.0. The molecule has 0 rings (SSSR count). The molecule has 0 aliphatic rings. The maximum Gasteiger partial charge on any atom is 0.362 e. The van der Waals surface area contributed by atoms with E-state index in [9.17, 15) is 19.5 Å². The largest absolute Gasteiger partial charge is 0.477 e. The third-order valence-corrected chi connectivity index (χ3v) is 12.6. The van der Waals surface area contributed by atoms with Gasteiger partial charge in [-0.3, -0.25) is 9.59 Å². The molecule has 2 atom stereocenters. The number of unbranched alkanes of at least 4 members (excludes halogenated alkanes) is 32. The van der Waals surface area contributed by atoms with Gasteiger partial charge in [-0.25, -0.2) is 4.79 Å². The molecule has 0 saturated heterocycles. The number of hydrogen-bond acceptors (Lipinski definition) is 6. The van der Waals surface area contributed by atoms with Crippen LogP contribution in [0.4, 0.5) is 0 Å². The summed E-state index contributed by atoms with van der Waals surface area (Å²) in [6.45, 7) is 4.77. The van der Waals surface area contributed by atoms with Crippen LogP contribution >= 0.6 is 0 Å². The number of aliphatic carboxylic acids is 1. The number of hydrogen-bond donors (Lipinski definition) is 1. The first kappa shape index (κ1) is 61.8. The lowest BCUT2D eigenvalue weighted by atomic mass is 10.1. The van der Waals surface area contributed by atoms with Crippen LogP contribution in [0.2, 0.25) is 0 Å². The minimum absolute atomic E-state index is 0.0488. The van der Waals surface area contributed by atoms with Gasteiger partial charge in [-0.15, -0.1) is 0 Å². The van der Waals surface area contributed by atoms with Gasteiger partial charge in [0.2, 0.25) is 0 Å². The summed E-state index contributed by atoms with van der Waals surface area (Å²) in [5.74, 6) is -1.45. The van der Waals surface area contributed by atoms with E-state index in [1.807, 2.05) is 21.1 Å². The molecule has 0 heterocycles. The van der Waals surface area contributed by atoms with Crippen LogP contribution in [0, 0.1) is 0 Å². The Morgan fingerprint density at radius 2 is 0.781 bits per heavy atom. The van der Waals surface area contributed by atoms with Crippen LogP contribution in [0.15, 0.2) is 24.3 Å². The number of quaternary nitrogens is 1. The quantitative estimate of drug-likeness (QED) is 0.0281. The van der Waals surface area contributed by atoms with Crippen LogP contribution in [-0.4, -0.2) is 80.6 Å². The smallest absolute Gasteiger partial charge is 0.362 e. The van der Waals surface area contributed by atoms with Crippen molar-refractivity contribution in [2.75, 3.05) is 41.0 Å². The average Bonchev–Trinajstić information content (AvgIpc) is 3.26. The van der Waals surface area contributed by atoms with Crippen LogP contribution in [-0.2, 0) is 28.6 Å². The Kier molecular flexibility index (Phi) is 45.7. The Bertz CT molecular complexity index is 1100. The molecule has 0 fully saturated rings. The summed E-state index contributed by atoms with van der Waals surface area (Å²) in [7, 11) is 5.55. The number of rotatable bonds is 50. The van der Waals surface area contributed by atoms with E-state index < -0.39 is 18.1 Å². The molecule has 0 aromatic heterocycles.